The second-order valence-corrected chi connectivity index (χ2v) is 3.77. The Hall–Kier alpha value is -1.13. The fourth-order valence-electron chi connectivity index (χ4n) is 1.71. The molecule has 2 aromatic heterocycles. The van der Waals surface area contributed by atoms with Crippen LogP contribution >= 0.6 is 11.6 Å². The molecule has 4 nitrogen and oxygen atoms in total. The zero-order valence-electron chi connectivity index (χ0n) is 9.19. The van der Waals surface area contributed by atoms with Crippen molar-refractivity contribution < 1.29 is 4.74 Å². The highest BCUT2D eigenvalue weighted by atomic mass is 35.5. The standard InChI is InChI=1S/C11H14ClN3O/c1-16-7-3-6-15-10(8-12)14-9-4-2-5-13-11(9)15/h2,4-5H,3,6-8H2,1H3. The van der Waals surface area contributed by atoms with Crippen LogP contribution in [0.4, 0.5) is 0 Å². The first-order valence-corrected chi connectivity index (χ1v) is 5.75. The molecule has 0 fully saturated rings. The maximum absolute atomic E-state index is 5.87. The summed E-state index contributed by atoms with van der Waals surface area (Å²) in [7, 11) is 1.70. The highest BCUT2D eigenvalue weighted by molar-refractivity contribution is 6.16. The van der Waals surface area contributed by atoms with Crippen molar-refractivity contribution in [3.05, 3.63) is 24.2 Å². The number of aromatic nitrogens is 3. The van der Waals surface area contributed by atoms with Crippen molar-refractivity contribution in [2.45, 2.75) is 18.8 Å². The summed E-state index contributed by atoms with van der Waals surface area (Å²) in [5, 5.41) is 0. The van der Waals surface area contributed by atoms with Gasteiger partial charge in [-0.3, -0.25) is 0 Å². The molecule has 0 aliphatic rings. The number of ether oxygens (including phenoxy) is 1. The summed E-state index contributed by atoms with van der Waals surface area (Å²) in [5.74, 6) is 1.27. The van der Waals surface area contributed by atoms with Gasteiger partial charge in [0.05, 0.1) is 5.88 Å². The normalized spacial score (nSPS) is 11.1. The molecule has 0 aliphatic carbocycles. The fraction of sp³-hybridized carbons (Fsp3) is 0.455. The van der Waals surface area contributed by atoms with E-state index in [4.69, 9.17) is 16.3 Å². The Labute approximate surface area is 99.2 Å². The van der Waals surface area contributed by atoms with Crippen LogP contribution in [-0.4, -0.2) is 28.3 Å². The molecule has 0 atom stereocenters. The van der Waals surface area contributed by atoms with Gasteiger partial charge in [0.25, 0.3) is 0 Å². The highest BCUT2D eigenvalue weighted by Crippen LogP contribution is 2.15. The number of hydrogen-bond donors (Lipinski definition) is 0. The third-order valence-corrected chi connectivity index (χ3v) is 2.67. The van der Waals surface area contributed by atoms with Crippen molar-refractivity contribution >= 4 is 22.8 Å². The lowest BCUT2D eigenvalue weighted by Gasteiger charge is -2.05. The Morgan fingerprint density at radius 2 is 2.38 bits per heavy atom. The number of methoxy groups -OCH3 is 1. The van der Waals surface area contributed by atoms with E-state index in [1.165, 1.54) is 0 Å². The zero-order valence-corrected chi connectivity index (χ0v) is 9.94. The van der Waals surface area contributed by atoms with Crippen LogP contribution in [0.1, 0.15) is 12.2 Å². The van der Waals surface area contributed by atoms with Crippen molar-refractivity contribution in [1.29, 1.82) is 0 Å². The molecule has 2 aromatic rings. The van der Waals surface area contributed by atoms with Crippen molar-refractivity contribution in [3.8, 4) is 0 Å². The molecular weight excluding hydrogens is 226 g/mol. The van der Waals surface area contributed by atoms with Crippen LogP contribution in [0.2, 0.25) is 0 Å². The number of imidazole rings is 1. The largest absolute Gasteiger partial charge is 0.385 e. The van der Waals surface area contributed by atoms with Gasteiger partial charge < -0.3 is 9.30 Å². The van der Waals surface area contributed by atoms with Crippen LogP contribution < -0.4 is 0 Å². The minimum atomic E-state index is 0.406. The van der Waals surface area contributed by atoms with E-state index in [1.807, 2.05) is 12.1 Å². The zero-order chi connectivity index (χ0) is 11.4. The molecule has 0 radical (unpaired) electrons. The lowest BCUT2D eigenvalue weighted by Crippen LogP contribution is -2.05. The van der Waals surface area contributed by atoms with Gasteiger partial charge >= 0.3 is 0 Å². The molecule has 0 saturated carbocycles. The summed E-state index contributed by atoms with van der Waals surface area (Å²) in [6.45, 7) is 1.57. The van der Waals surface area contributed by atoms with Gasteiger partial charge in [-0.15, -0.1) is 11.6 Å². The van der Waals surface area contributed by atoms with Crippen molar-refractivity contribution in [2.75, 3.05) is 13.7 Å². The molecule has 0 saturated heterocycles. The van der Waals surface area contributed by atoms with Crippen molar-refractivity contribution in [1.82, 2.24) is 14.5 Å². The third kappa shape index (κ3) is 2.18. The maximum Gasteiger partial charge on any atom is 0.160 e. The number of hydrogen-bond acceptors (Lipinski definition) is 3. The average Bonchev–Trinajstić information content (AvgIpc) is 2.68. The minimum absolute atomic E-state index is 0.406. The van der Waals surface area contributed by atoms with Gasteiger partial charge in [-0.1, -0.05) is 0 Å². The number of pyridine rings is 1. The lowest BCUT2D eigenvalue weighted by molar-refractivity contribution is 0.190. The second-order valence-electron chi connectivity index (χ2n) is 3.51. The second kappa shape index (κ2) is 5.27. The third-order valence-electron chi connectivity index (χ3n) is 2.43. The summed E-state index contributed by atoms with van der Waals surface area (Å²) >= 11 is 5.87. The Morgan fingerprint density at radius 1 is 1.50 bits per heavy atom. The minimum Gasteiger partial charge on any atom is -0.385 e. The van der Waals surface area contributed by atoms with Crippen molar-refractivity contribution in [3.63, 3.8) is 0 Å². The predicted octanol–water partition coefficient (Wildman–Crippen LogP) is 2.21. The van der Waals surface area contributed by atoms with Gasteiger partial charge in [0.2, 0.25) is 0 Å². The number of fused-ring (bicyclic) bond motifs is 1. The molecule has 0 aliphatic heterocycles. The molecule has 0 amide bonds. The van der Waals surface area contributed by atoms with Gasteiger partial charge in [0, 0.05) is 26.5 Å². The fourth-order valence-corrected chi connectivity index (χ4v) is 1.91. The Bertz CT molecular complexity index is 469. The molecule has 0 unspecified atom stereocenters. The van der Waals surface area contributed by atoms with Crippen LogP contribution in [0.25, 0.3) is 11.2 Å². The first kappa shape index (κ1) is 11.4. The Kier molecular flexibility index (Phi) is 3.74. The number of aryl methyl sites for hydroxylation is 1. The Balaban J connectivity index is 2.32. The van der Waals surface area contributed by atoms with Gasteiger partial charge in [-0.05, 0) is 18.6 Å². The molecule has 0 N–H and O–H groups in total. The van der Waals surface area contributed by atoms with Crippen molar-refractivity contribution in [2.24, 2.45) is 0 Å². The van der Waals surface area contributed by atoms with E-state index in [1.54, 1.807) is 13.3 Å². The van der Waals surface area contributed by atoms with E-state index in [9.17, 15) is 0 Å². The van der Waals surface area contributed by atoms with Crippen LogP contribution in [0.15, 0.2) is 18.3 Å². The van der Waals surface area contributed by atoms with Gasteiger partial charge in [-0.25, -0.2) is 9.97 Å². The molecule has 2 heterocycles. The van der Waals surface area contributed by atoms with E-state index in [0.29, 0.717) is 5.88 Å². The van der Waals surface area contributed by atoms with E-state index in [-0.39, 0.29) is 0 Å². The van der Waals surface area contributed by atoms with E-state index in [0.717, 1.165) is 36.6 Å². The van der Waals surface area contributed by atoms with Gasteiger partial charge in [0.15, 0.2) is 5.65 Å². The quantitative estimate of drug-likeness (QED) is 0.593. The first-order chi connectivity index (χ1) is 7.86. The van der Waals surface area contributed by atoms with E-state index in [2.05, 4.69) is 14.5 Å². The summed E-state index contributed by atoms with van der Waals surface area (Å²) in [6.07, 6.45) is 2.71. The number of alkyl halides is 1. The molecular formula is C11H14ClN3O. The molecule has 2 rings (SSSR count). The van der Waals surface area contributed by atoms with Crippen LogP contribution in [0, 0.1) is 0 Å². The summed E-state index contributed by atoms with van der Waals surface area (Å²) in [6, 6.07) is 3.83. The SMILES string of the molecule is COCCCn1c(CCl)nc2cccnc21. The predicted molar refractivity (Wildman–Crippen MR) is 63.6 cm³/mol. The average molecular weight is 240 g/mol. The summed E-state index contributed by atoms with van der Waals surface area (Å²) < 4.78 is 7.10. The maximum atomic E-state index is 5.87. The molecule has 0 bridgehead atoms. The van der Waals surface area contributed by atoms with E-state index < -0.39 is 0 Å². The Morgan fingerprint density at radius 3 is 3.12 bits per heavy atom. The monoisotopic (exact) mass is 239 g/mol. The first-order valence-electron chi connectivity index (χ1n) is 5.22. The van der Waals surface area contributed by atoms with E-state index >= 15 is 0 Å². The molecule has 86 valence electrons. The van der Waals surface area contributed by atoms with Crippen LogP contribution in [0.3, 0.4) is 0 Å². The number of halogens is 1. The summed E-state index contributed by atoms with van der Waals surface area (Å²) in [4.78, 5) is 8.77. The van der Waals surface area contributed by atoms with Crippen LogP contribution in [-0.2, 0) is 17.2 Å². The molecule has 16 heavy (non-hydrogen) atoms. The topological polar surface area (TPSA) is 39.9 Å². The number of nitrogens with zero attached hydrogens (tertiary/aromatic N) is 3. The molecule has 5 heteroatoms. The smallest absolute Gasteiger partial charge is 0.160 e. The van der Waals surface area contributed by atoms with Gasteiger partial charge in [0.1, 0.15) is 11.3 Å². The van der Waals surface area contributed by atoms with Gasteiger partial charge in [-0.2, -0.15) is 0 Å². The summed E-state index contributed by atoms with van der Waals surface area (Å²) in [5.41, 5.74) is 1.80. The number of rotatable bonds is 5. The molecule has 0 aromatic carbocycles. The highest BCUT2D eigenvalue weighted by Gasteiger charge is 2.09. The van der Waals surface area contributed by atoms with Crippen LogP contribution in [0.5, 0.6) is 0 Å². The molecule has 0 spiro atoms. The lowest BCUT2D eigenvalue weighted by atomic mass is 10.4.